The topological polar surface area (TPSA) is 75.0 Å². The molecule has 1 heterocycles. The highest BCUT2D eigenvalue weighted by Gasteiger charge is 2.31. The van der Waals surface area contributed by atoms with Crippen LogP contribution in [0.25, 0.3) is 22.1 Å². The molecule has 0 fully saturated rings. The minimum Gasteiger partial charge on any atom is -0.493 e. The second-order valence-corrected chi connectivity index (χ2v) is 10.0. The van der Waals surface area contributed by atoms with Crippen molar-refractivity contribution in [3.05, 3.63) is 71.1 Å². The molecule has 0 amide bonds. The van der Waals surface area contributed by atoms with Crippen molar-refractivity contribution in [3.8, 4) is 22.6 Å². The summed E-state index contributed by atoms with van der Waals surface area (Å²) in [7, 11) is 0. The minimum absolute atomic E-state index is 0.242. The van der Waals surface area contributed by atoms with Crippen LogP contribution in [0.2, 0.25) is 0 Å². The van der Waals surface area contributed by atoms with Crippen molar-refractivity contribution in [1.82, 2.24) is 0 Å². The molecule has 2 aromatic carbocycles. The minimum atomic E-state index is -4.78. The molecule has 0 saturated carbocycles. The molecule has 0 aliphatic carbocycles. The average Bonchev–Trinajstić information content (AvgIpc) is 2.92. The van der Waals surface area contributed by atoms with Crippen LogP contribution in [0.3, 0.4) is 0 Å². The Morgan fingerprint density at radius 2 is 1.37 bits per heavy atom. The van der Waals surface area contributed by atoms with E-state index in [4.69, 9.17) is 13.9 Å². The van der Waals surface area contributed by atoms with Crippen molar-refractivity contribution in [2.24, 2.45) is 0 Å². The quantitative estimate of drug-likeness (QED) is 0.0694. The summed E-state index contributed by atoms with van der Waals surface area (Å²) in [5.41, 5.74) is 0.886. The van der Waals surface area contributed by atoms with Crippen LogP contribution in [0.1, 0.15) is 71.1 Å². The van der Waals surface area contributed by atoms with Gasteiger partial charge in [0.05, 0.1) is 18.8 Å². The third-order valence-corrected chi connectivity index (χ3v) is 6.50. The van der Waals surface area contributed by atoms with E-state index < -0.39 is 12.0 Å². The van der Waals surface area contributed by atoms with Crippen molar-refractivity contribution in [2.75, 3.05) is 13.2 Å². The summed E-state index contributed by atoms with van der Waals surface area (Å²) >= 11 is 0. The molecule has 0 spiro atoms. The van der Waals surface area contributed by atoms with Crippen LogP contribution in [0.5, 0.6) is 11.5 Å². The molecule has 0 aliphatic rings. The maximum atomic E-state index is 12.5. The van der Waals surface area contributed by atoms with E-state index in [2.05, 4.69) is 11.3 Å². The van der Waals surface area contributed by atoms with E-state index in [-0.39, 0.29) is 17.3 Å². The number of esters is 1. The Labute approximate surface area is 238 Å². The molecule has 3 aromatic rings. The van der Waals surface area contributed by atoms with Gasteiger partial charge in [-0.2, -0.15) is 0 Å². The van der Waals surface area contributed by atoms with Gasteiger partial charge in [0.1, 0.15) is 17.1 Å². The fraction of sp³-hybridized carbons (Fsp3) is 0.438. The van der Waals surface area contributed by atoms with Gasteiger partial charge in [-0.05, 0) is 55.7 Å². The molecule has 222 valence electrons. The number of benzene rings is 2. The molecule has 3 rings (SSSR count). The number of hydrogen-bond donors (Lipinski definition) is 0. The number of rotatable bonds is 17. The lowest BCUT2D eigenvalue weighted by molar-refractivity contribution is -0.274. The van der Waals surface area contributed by atoms with Crippen molar-refractivity contribution in [1.29, 1.82) is 0 Å². The maximum absolute atomic E-state index is 12.5. The Bertz CT molecular complexity index is 1330. The second kappa shape index (κ2) is 15.9. The highest BCUT2D eigenvalue weighted by Crippen LogP contribution is 2.28. The number of halogens is 3. The molecule has 41 heavy (non-hydrogen) atoms. The molecule has 0 N–H and O–H groups in total. The monoisotopic (exact) mass is 574 g/mol. The zero-order valence-electron chi connectivity index (χ0n) is 23.4. The van der Waals surface area contributed by atoms with Crippen molar-refractivity contribution in [2.45, 2.75) is 77.5 Å². The zero-order chi connectivity index (χ0) is 29.7. The van der Waals surface area contributed by atoms with Gasteiger partial charge in [-0.15, -0.1) is 13.2 Å². The first-order valence-electron chi connectivity index (χ1n) is 14.0. The van der Waals surface area contributed by atoms with Crippen molar-refractivity contribution in [3.63, 3.8) is 0 Å². The van der Waals surface area contributed by atoms with Gasteiger partial charge < -0.3 is 18.6 Å². The van der Waals surface area contributed by atoms with E-state index in [9.17, 15) is 22.8 Å². The lowest BCUT2D eigenvalue weighted by atomic mass is 10.1. The number of unbranched alkanes of at least 4 members (excludes halogenated alkanes) is 9. The van der Waals surface area contributed by atoms with Gasteiger partial charge in [-0.3, -0.25) is 0 Å². The van der Waals surface area contributed by atoms with E-state index in [1.54, 1.807) is 31.2 Å². The Hall–Kier alpha value is -3.75. The summed E-state index contributed by atoms with van der Waals surface area (Å²) in [5, 5.41) is 0.675. The normalized spacial score (nSPS) is 11.4. The largest absolute Gasteiger partial charge is 0.573 e. The van der Waals surface area contributed by atoms with E-state index >= 15 is 0 Å². The van der Waals surface area contributed by atoms with Crippen LogP contribution in [0.4, 0.5) is 13.2 Å². The van der Waals surface area contributed by atoms with Crippen LogP contribution >= 0.6 is 0 Å². The van der Waals surface area contributed by atoms with E-state index in [1.807, 2.05) is 0 Å². The van der Waals surface area contributed by atoms with E-state index in [0.29, 0.717) is 41.1 Å². The van der Waals surface area contributed by atoms with Crippen LogP contribution in [0.15, 0.2) is 69.9 Å². The van der Waals surface area contributed by atoms with Gasteiger partial charge >= 0.3 is 18.0 Å². The summed E-state index contributed by atoms with van der Waals surface area (Å²) < 4.78 is 57.4. The Morgan fingerprint density at radius 1 is 0.805 bits per heavy atom. The van der Waals surface area contributed by atoms with Crippen LogP contribution in [-0.4, -0.2) is 25.5 Å². The van der Waals surface area contributed by atoms with Gasteiger partial charge in [-0.1, -0.05) is 70.1 Å². The molecule has 0 saturated heterocycles. The Balaban J connectivity index is 1.31. The maximum Gasteiger partial charge on any atom is 0.573 e. The number of carbonyl (C=O) groups excluding carboxylic acids is 1. The first kappa shape index (κ1) is 31.8. The first-order valence-corrected chi connectivity index (χ1v) is 14.0. The lowest BCUT2D eigenvalue weighted by Crippen LogP contribution is -2.17. The summed E-state index contributed by atoms with van der Waals surface area (Å²) in [6.45, 7) is 6.24. The molecule has 0 unspecified atom stereocenters. The van der Waals surface area contributed by atoms with Crippen molar-refractivity contribution >= 4 is 16.9 Å². The van der Waals surface area contributed by atoms with Gasteiger partial charge in [-0.25, -0.2) is 9.59 Å². The Morgan fingerprint density at radius 3 is 1.95 bits per heavy atom. The average molecular weight is 575 g/mol. The van der Waals surface area contributed by atoms with Crippen molar-refractivity contribution < 1.29 is 36.6 Å². The van der Waals surface area contributed by atoms with Crippen LogP contribution in [-0.2, 0) is 9.53 Å². The molecular formula is C32H37F3O6. The molecule has 0 radical (unpaired) electrons. The fourth-order valence-corrected chi connectivity index (χ4v) is 4.32. The second-order valence-electron chi connectivity index (χ2n) is 10.0. The van der Waals surface area contributed by atoms with Gasteiger partial charge in [0.15, 0.2) is 0 Å². The van der Waals surface area contributed by atoms with Crippen LogP contribution in [0, 0.1) is 0 Å². The van der Waals surface area contributed by atoms with Gasteiger partial charge in [0, 0.05) is 17.0 Å². The summed E-state index contributed by atoms with van der Waals surface area (Å²) in [4.78, 5) is 23.8. The van der Waals surface area contributed by atoms with E-state index in [1.165, 1.54) is 37.8 Å². The molecule has 0 aliphatic heterocycles. The molecule has 0 atom stereocenters. The first-order chi connectivity index (χ1) is 19.6. The highest BCUT2D eigenvalue weighted by molar-refractivity contribution is 5.86. The smallest absolute Gasteiger partial charge is 0.493 e. The van der Waals surface area contributed by atoms with Crippen LogP contribution < -0.4 is 15.1 Å². The third-order valence-electron chi connectivity index (χ3n) is 6.50. The third kappa shape index (κ3) is 11.3. The standard InChI is InChI=1S/C32H37F3O6/c1-23(2)30(36)39-20-12-10-8-6-4-3-5-7-9-11-19-38-27-18-15-25-21-28(31(37)40-29(25)22-27)24-13-16-26(17-14-24)41-32(33,34)35/h13-18,21-22H,1,3-12,19-20H2,2H3. The molecule has 6 nitrogen and oxygen atoms in total. The highest BCUT2D eigenvalue weighted by atomic mass is 19.4. The lowest BCUT2D eigenvalue weighted by Gasteiger charge is -2.10. The zero-order valence-corrected chi connectivity index (χ0v) is 23.4. The summed E-state index contributed by atoms with van der Waals surface area (Å²) in [6, 6.07) is 12.0. The number of ether oxygens (including phenoxy) is 3. The molecule has 0 bridgehead atoms. The number of fused-ring (bicyclic) bond motifs is 1. The number of carbonyl (C=O) groups is 1. The number of alkyl halides is 3. The predicted octanol–water partition coefficient (Wildman–Crippen LogP) is 8.76. The Kier molecular flexibility index (Phi) is 12.3. The molecule has 9 heteroatoms. The molecule has 1 aromatic heterocycles. The number of hydrogen-bond acceptors (Lipinski definition) is 6. The van der Waals surface area contributed by atoms with Gasteiger partial charge in [0.25, 0.3) is 0 Å². The summed E-state index contributed by atoms with van der Waals surface area (Å²) in [6.07, 6.45) is 6.30. The van der Waals surface area contributed by atoms with Gasteiger partial charge in [0.2, 0.25) is 0 Å². The molecular weight excluding hydrogens is 537 g/mol. The van der Waals surface area contributed by atoms with E-state index in [0.717, 1.165) is 50.7 Å². The predicted molar refractivity (Wildman–Crippen MR) is 152 cm³/mol. The summed E-state index contributed by atoms with van der Waals surface area (Å²) in [5.74, 6) is -0.0700. The SMILES string of the molecule is C=C(C)C(=O)OCCCCCCCCCCCCOc1ccc2cc(-c3ccc(OC(F)(F)F)cc3)c(=O)oc2c1. The fourth-order valence-electron chi connectivity index (χ4n) is 4.32.